The predicted molar refractivity (Wildman–Crippen MR) is 34.0 cm³/mol. The van der Waals surface area contributed by atoms with Crippen molar-refractivity contribution in [3.05, 3.63) is 12.5 Å². The van der Waals surface area contributed by atoms with Crippen LogP contribution in [0, 0.1) is 6.20 Å². The highest BCUT2D eigenvalue weighted by molar-refractivity contribution is 5.27. The van der Waals surface area contributed by atoms with Crippen molar-refractivity contribution in [1.29, 1.82) is 0 Å². The van der Waals surface area contributed by atoms with Crippen LogP contribution in [0.15, 0.2) is 6.33 Å². The average Bonchev–Trinajstić information content (AvgIpc) is 2.04. The molecule has 0 saturated heterocycles. The van der Waals surface area contributed by atoms with Crippen LogP contribution in [0.5, 0.6) is 11.6 Å². The van der Waals surface area contributed by atoms with Gasteiger partial charge in [-0.05, 0) is 0 Å². The first-order valence-corrected chi connectivity index (χ1v) is 2.69. The molecule has 1 aromatic heterocycles. The minimum atomic E-state index is 0.400. The van der Waals surface area contributed by atoms with E-state index in [1.165, 1.54) is 20.5 Å². The maximum absolute atomic E-state index is 4.83. The Bertz CT molecular complexity index is 192. The molecule has 1 radical (unpaired) electrons. The lowest BCUT2D eigenvalue weighted by Gasteiger charge is -2.01. The molecule has 0 N–H and O–H groups in total. The van der Waals surface area contributed by atoms with Crippen LogP contribution >= 0.6 is 0 Å². The summed E-state index contributed by atoms with van der Waals surface area (Å²) in [6.45, 7) is 0. The zero-order valence-electron chi connectivity index (χ0n) is 5.79. The molecule has 0 aliphatic rings. The number of methoxy groups -OCH3 is 2. The van der Waals surface area contributed by atoms with Gasteiger partial charge in [0.2, 0.25) is 5.75 Å². The van der Waals surface area contributed by atoms with Gasteiger partial charge in [-0.25, -0.2) is 4.98 Å². The van der Waals surface area contributed by atoms with Crippen molar-refractivity contribution in [1.82, 2.24) is 9.97 Å². The largest absolute Gasteiger partial charge is 0.490 e. The highest BCUT2D eigenvalue weighted by Crippen LogP contribution is 2.19. The predicted octanol–water partition coefficient (Wildman–Crippen LogP) is 0.294. The number of rotatable bonds is 2. The minimum absolute atomic E-state index is 0.400. The van der Waals surface area contributed by atoms with E-state index in [1.807, 2.05) is 0 Å². The molecule has 0 aliphatic heterocycles. The highest BCUT2D eigenvalue weighted by Gasteiger charge is 2.01. The molecule has 53 valence electrons. The molecule has 10 heavy (non-hydrogen) atoms. The zero-order valence-corrected chi connectivity index (χ0v) is 5.79. The molecule has 0 fully saturated rings. The molecule has 0 aromatic carbocycles. The zero-order chi connectivity index (χ0) is 7.40. The van der Waals surface area contributed by atoms with E-state index < -0.39 is 0 Å². The van der Waals surface area contributed by atoms with Crippen LogP contribution in [0.1, 0.15) is 0 Å². The normalized spacial score (nSPS) is 9.00. The SMILES string of the molecule is COc1[c]ncnc1OC. The molecule has 4 heteroatoms. The maximum atomic E-state index is 4.83. The standard InChI is InChI=1S/C6H7N2O2/c1-9-5-3-7-4-8-6(5)10-2/h4H,1-2H3. The molecule has 0 amide bonds. The Labute approximate surface area is 58.8 Å². The first kappa shape index (κ1) is 6.80. The number of ether oxygens (including phenoxy) is 2. The summed E-state index contributed by atoms with van der Waals surface area (Å²) in [5.41, 5.74) is 0. The van der Waals surface area contributed by atoms with Gasteiger partial charge < -0.3 is 9.47 Å². The summed E-state index contributed by atoms with van der Waals surface area (Å²) in [6.07, 6.45) is 3.93. The first-order chi connectivity index (χ1) is 4.88. The quantitative estimate of drug-likeness (QED) is 0.590. The van der Waals surface area contributed by atoms with Gasteiger partial charge >= 0.3 is 0 Å². The second-order valence-corrected chi connectivity index (χ2v) is 1.53. The van der Waals surface area contributed by atoms with Crippen molar-refractivity contribution in [2.45, 2.75) is 0 Å². The number of hydrogen-bond donors (Lipinski definition) is 0. The van der Waals surface area contributed by atoms with E-state index in [2.05, 4.69) is 16.2 Å². The lowest BCUT2D eigenvalue weighted by atomic mass is 10.6. The van der Waals surface area contributed by atoms with Gasteiger partial charge in [0.05, 0.1) is 14.2 Å². The van der Waals surface area contributed by atoms with E-state index in [0.29, 0.717) is 11.6 Å². The van der Waals surface area contributed by atoms with Gasteiger partial charge in [-0.15, -0.1) is 0 Å². The van der Waals surface area contributed by atoms with E-state index in [1.54, 1.807) is 0 Å². The summed E-state index contributed by atoms with van der Waals surface area (Å²) in [5.74, 6) is 0.822. The van der Waals surface area contributed by atoms with Crippen molar-refractivity contribution in [3.8, 4) is 11.6 Å². The molecule has 0 unspecified atom stereocenters. The van der Waals surface area contributed by atoms with Crippen molar-refractivity contribution in [2.75, 3.05) is 14.2 Å². The lowest BCUT2D eigenvalue weighted by Crippen LogP contribution is -1.93. The number of hydrogen-bond acceptors (Lipinski definition) is 4. The fourth-order valence-electron chi connectivity index (χ4n) is 0.554. The summed E-state index contributed by atoms with van der Waals surface area (Å²) in [4.78, 5) is 7.40. The summed E-state index contributed by atoms with van der Waals surface area (Å²) in [7, 11) is 3.02. The van der Waals surface area contributed by atoms with Crippen LogP contribution in [0.3, 0.4) is 0 Å². The second kappa shape index (κ2) is 3.00. The van der Waals surface area contributed by atoms with E-state index in [4.69, 9.17) is 9.47 Å². The molecule has 0 aliphatic carbocycles. The average molecular weight is 139 g/mol. The molecule has 0 saturated carbocycles. The maximum Gasteiger partial charge on any atom is 0.260 e. The Morgan fingerprint density at radius 2 is 2.20 bits per heavy atom. The lowest BCUT2D eigenvalue weighted by molar-refractivity contribution is 0.340. The molecule has 0 atom stereocenters. The van der Waals surface area contributed by atoms with Gasteiger partial charge in [-0.2, -0.15) is 4.98 Å². The van der Waals surface area contributed by atoms with Gasteiger partial charge in [-0.1, -0.05) is 0 Å². The molecule has 1 rings (SSSR count). The highest BCUT2D eigenvalue weighted by atomic mass is 16.5. The Balaban J connectivity index is 2.96. The van der Waals surface area contributed by atoms with Crippen molar-refractivity contribution in [2.24, 2.45) is 0 Å². The van der Waals surface area contributed by atoms with E-state index in [0.717, 1.165) is 0 Å². The van der Waals surface area contributed by atoms with Crippen LogP contribution < -0.4 is 9.47 Å². The van der Waals surface area contributed by atoms with E-state index in [-0.39, 0.29) is 0 Å². The topological polar surface area (TPSA) is 44.2 Å². The number of aromatic nitrogens is 2. The van der Waals surface area contributed by atoms with Crippen LogP contribution in [-0.4, -0.2) is 24.2 Å². The summed E-state index contributed by atoms with van der Waals surface area (Å²) in [6, 6.07) is 0. The first-order valence-electron chi connectivity index (χ1n) is 2.69. The molecule has 0 bridgehead atoms. The fourth-order valence-corrected chi connectivity index (χ4v) is 0.554. The van der Waals surface area contributed by atoms with E-state index in [9.17, 15) is 0 Å². The Kier molecular flexibility index (Phi) is 2.04. The van der Waals surface area contributed by atoms with Crippen LogP contribution in [0.2, 0.25) is 0 Å². The molecule has 0 spiro atoms. The second-order valence-electron chi connectivity index (χ2n) is 1.53. The van der Waals surface area contributed by atoms with Gasteiger partial charge in [0.25, 0.3) is 5.88 Å². The molecule has 1 heterocycles. The minimum Gasteiger partial charge on any atom is -0.490 e. The van der Waals surface area contributed by atoms with E-state index >= 15 is 0 Å². The van der Waals surface area contributed by atoms with Crippen LogP contribution in [0.25, 0.3) is 0 Å². The Hall–Kier alpha value is -1.32. The molecular weight excluding hydrogens is 132 g/mol. The molecule has 4 nitrogen and oxygen atoms in total. The van der Waals surface area contributed by atoms with Gasteiger partial charge in [0, 0.05) is 0 Å². The molecule has 1 aromatic rings. The summed E-state index contributed by atoms with van der Waals surface area (Å²) in [5, 5.41) is 0. The monoisotopic (exact) mass is 139 g/mol. The smallest absolute Gasteiger partial charge is 0.260 e. The fraction of sp³-hybridized carbons (Fsp3) is 0.333. The van der Waals surface area contributed by atoms with Crippen LogP contribution in [0.4, 0.5) is 0 Å². The number of nitrogens with zero attached hydrogens (tertiary/aromatic N) is 2. The summed E-state index contributed by atoms with van der Waals surface area (Å²) < 4.78 is 9.66. The van der Waals surface area contributed by atoms with Crippen molar-refractivity contribution >= 4 is 0 Å². The van der Waals surface area contributed by atoms with Crippen LogP contribution in [-0.2, 0) is 0 Å². The van der Waals surface area contributed by atoms with Gasteiger partial charge in [0.1, 0.15) is 12.5 Å². The Morgan fingerprint density at radius 1 is 1.40 bits per heavy atom. The van der Waals surface area contributed by atoms with Gasteiger partial charge in [0.15, 0.2) is 0 Å². The molecular formula is C6H7N2O2. The third-order valence-electron chi connectivity index (χ3n) is 0.991. The van der Waals surface area contributed by atoms with Crippen molar-refractivity contribution in [3.63, 3.8) is 0 Å². The van der Waals surface area contributed by atoms with Gasteiger partial charge in [-0.3, -0.25) is 0 Å². The van der Waals surface area contributed by atoms with Crippen molar-refractivity contribution < 1.29 is 9.47 Å². The summed E-state index contributed by atoms with van der Waals surface area (Å²) >= 11 is 0. The third kappa shape index (κ3) is 1.15. The Morgan fingerprint density at radius 3 is 2.70 bits per heavy atom. The third-order valence-corrected chi connectivity index (χ3v) is 0.991.